The Morgan fingerprint density at radius 2 is 2.21 bits per heavy atom. The Labute approximate surface area is 117 Å². The Balaban J connectivity index is 2.53. The average Bonchev–Trinajstić information content (AvgIpc) is 2.88. The number of carboxylic acids is 1. The van der Waals surface area contributed by atoms with Gasteiger partial charge in [-0.2, -0.15) is 0 Å². The van der Waals surface area contributed by atoms with E-state index >= 15 is 0 Å². The fourth-order valence-corrected chi connectivity index (χ4v) is 2.32. The lowest BCUT2D eigenvalue weighted by molar-refractivity contribution is -0.137. The summed E-state index contributed by atoms with van der Waals surface area (Å²) in [6, 6.07) is 3.49. The number of carbonyl (C=O) groups is 2. The predicted octanol–water partition coefficient (Wildman–Crippen LogP) is 1.77. The summed E-state index contributed by atoms with van der Waals surface area (Å²) in [5.74, 6) is -1.10. The van der Waals surface area contributed by atoms with Crippen LogP contribution in [0.25, 0.3) is 0 Å². The van der Waals surface area contributed by atoms with Gasteiger partial charge in [-0.05, 0) is 24.8 Å². The first kappa shape index (κ1) is 15.7. The molecule has 5 nitrogen and oxygen atoms in total. The minimum Gasteiger partial charge on any atom is -0.481 e. The van der Waals surface area contributed by atoms with Gasteiger partial charge in [0.2, 0.25) is 5.91 Å². The number of rotatable bonds is 8. The minimum atomic E-state index is -0.923. The van der Waals surface area contributed by atoms with E-state index in [0.717, 1.165) is 11.3 Å². The maximum absolute atomic E-state index is 11.8. The van der Waals surface area contributed by atoms with E-state index in [0.29, 0.717) is 0 Å². The van der Waals surface area contributed by atoms with Gasteiger partial charge in [-0.3, -0.25) is 9.59 Å². The summed E-state index contributed by atoms with van der Waals surface area (Å²) in [4.78, 5) is 23.5. The van der Waals surface area contributed by atoms with Gasteiger partial charge in [-0.1, -0.05) is 13.0 Å². The van der Waals surface area contributed by atoms with Gasteiger partial charge in [-0.25, -0.2) is 0 Å². The van der Waals surface area contributed by atoms with Crippen LogP contribution >= 0.6 is 11.3 Å². The number of carbonyl (C=O) groups excluding carboxylic acids is 1. The van der Waals surface area contributed by atoms with Gasteiger partial charge in [-0.15, -0.1) is 11.3 Å². The van der Waals surface area contributed by atoms with Gasteiger partial charge in [0, 0.05) is 10.9 Å². The van der Waals surface area contributed by atoms with Crippen molar-refractivity contribution in [3.63, 3.8) is 0 Å². The van der Waals surface area contributed by atoms with Crippen molar-refractivity contribution in [3.8, 4) is 0 Å². The number of carboxylic acid groups (broad SMARTS) is 1. The van der Waals surface area contributed by atoms with Crippen LogP contribution in [0.15, 0.2) is 17.5 Å². The molecule has 0 bridgehead atoms. The summed E-state index contributed by atoms with van der Waals surface area (Å²) in [7, 11) is 0. The summed E-state index contributed by atoms with van der Waals surface area (Å²) >= 11 is 1.45. The minimum absolute atomic E-state index is 0.102. The molecule has 1 heterocycles. The number of thiophene rings is 1. The van der Waals surface area contributed by atoms with Crippen LogP contribution in [0, 0.1) is 0 Å². The molecule has 0 aliphatic carbocycles. The van der Waals surface area contributed by atoms with Crippen molar-refractivity contribution in [3.05, 3.63) is 22.4 Å². The highest BCUT2D eigenvalue weighted by atomic mass is 32.1. The third kappa shape index (κ3) is 5.85. The lowest BCUT2D eigenvalue weighted by Gasteiger charge is -2.17. The van der Waals surface area contributed by atoms with E-state index in [1.807, 2.05) is 31.4 Å². The molecule has 0 aliphatic heterocycles. The Bertz CT molecular complexity index is 406. The Morgan fingerprint density at radius 1 is 1.47 bits per heavy atom. The molecule has 1 aromatic rings. The molecule has 0 aromatic carbocycles. The molecule has 0 radical (unpaired) electrons. The van der Waals surface area contributed by atoms with Crippen LogP contribution in [-0.2, 0) is 9.59 Å². The standard InChI is InChI=1S/C13H20N2O3S/c1-3-9(2)14-8-12(16)15-10(7-13(17)18)11-5-4-6-19-11/h4-6,9-10,14H,3,7-8H2,1-2H3,(H,15,16)(H,17,18). The fourth-order valence-electron chi connectivity index (χ4n) is 1.54. The maximum Gasteiger partial charge on any atom is 0.305 e. The molecule has 19 heavy (non-hydrogen) atoms. The third-order valence-electron chi connectivity index (χ3n) is 2.82. The number of nitrogens with one attached hydrogen (secondary N) is 2. The normalized spacial score (nSPS) is 13.8. The van der Waals surface area contributed by atoms with Crippen LogP contribution in [0.2, 0.25) is 0 Å². The number of hydrogen-bond acceptors (Lipinski definition) is 4. The van der Waals surface area contributed by atoms with Crippen molar-refractivity contribution in [1.29, 1.82) is 0 Å². The van der Waals surface area contributed by atoms with Crippen molar-refractivity contribution in [1.82, 2.24) is 10.6 Å². The highest BCUT2D eigenvalue weighted by Crippen LogP contribution is 2.21. The topological polar surface area (TPSA) is 78.4 Å². The van der Waals surface area contributed by atoms with Gasteiger partial charge in [0.25, 0.3) is 0 Å². The van der Waals surface area contributed by atoms with E-state index in [1.165, 1.54) is 11.3 Å². The molecule has 0 saturated carbocycles. The maximum atomic E-state index is 11.8. The number of aliphatic carboxylic acids is 1. The molecule has 1 rings (SSSR count). The first-order valence-electron chi connectivity index (χ1n) is 6.30. The van der Waals surface area contributed by atoms with Crippen molar-refractivity contribution in [2.45, 2.75) is 38.8 Å². The van der Waals surface area contributed by atoms with Crippen LogP contribution in [0.1, 0.15) is 37.6 Å². The van der Waals surface area contributed by atoms with Crippen LogP contribution in [0.5, 0.6) is 0 Å². The average molecular weight is 284 g/mol. The number of hydrogen-bond donors (Lipinski definition) is 3. The zero-order chi connectivity index (χ0) is 14.3. The van der Waals surface area contributed by atoms with E-state index in [-0.39, 0.29) is 24.9 Å². The molecule has 0 spiro atoms. The van der Waals surface area contributed by atoms with E-state index in [2.05, 4.69) is 10.6 Å². The smallest absolute Gasteiger partial charge is 0.305 e. The third-order valence-corrected chi connectivity index (χ3v) is 3.81. The van der Waals surface area contributed by atoms with E-state index < -0.39 is 12.0 Å². The van der Waals surface area contributed by atoms with Crippen molar-refractivity contribution in [2.24, 2.45) is 0 Å². The summed E-state index contributed by atoms with van der Waals surface area (Å²) in [6.45, 7) is 4.24. The molecule has 6 heteroatoms. The molecule has 0 saturated heterocycles. The second-order valence-electron chi connectivity index (χ2n) is 4.42. The predicted molar refractivity (Wildman–Crippen MR) is 75.2 cm³/mol. The summed E-state index contributed by atoms with van der Waals surface area (Å²) < 4.78 is 0. The molecule has 3 N–H and O–H groups in total. The molecule has 0 aliphatic rings. The monoisotopic (exact) mass is 284 g/mol. The van der Waals surface area contributed by atoms with E-state index in [4.69, 9.17) is 5.11 Å². The van der Waals surface area contributed by atoms with Gasteiger partial charge in [0.05, 0.1) is 19.0 Å². The fraction of sp³-hybridized carbons (Fsp3) is 0.538. The van der Waals surface area contributed by atoms with Crippen molar-refractivity contribution >= 4 is 23.2 Å². The Morgan fingerprint density at radius 3 is 2.74 bits per heavy atom. The summed E-state index contributed by atoms with van der Waals surface area (Å²) in [6.07, 6.45) is 0.840. The first-order chi connectivity index (χ1) is 9.02. The van der Waals surface area contributed by atoms with Crippen LogP contribution in [0.4, 0.5) is 0 Å². The summed E-state index contributed by atoms with van der Waals surface area (Å²) in [5, 5.41) is 16.6. The van der Waals surface area contributed by atoms with Crippen molar-refractivity contribution in [2.75, 3.05) is 6.54 Å². The second-order valence-corrected chi connectivity index (χ2v) is 5.40. The molecule has 2 unspecified atom stereocenters. The van der Waals surface area contributed by atoms with Crippen molar-refractivity contribution < 1.29 is 14.7 Å². The van der Waals surface area contributed by atoms with Crippen LogP contribution in [-0.4, -0.2) is 29.6 Å². The second kappa shape index (κ2) is 7.91. The number of amides is 1. The Hall–Kier alpha value is -1.40. The lowest BCUT2D eigenvalue weighted by atomic mass is 10.1. The van der Waals surface area contributed by atoms with Crippen LogP contribution in [0.3, 0.4) is 0 Å². The van der Waals surface area contributed by atoms with Gasteiger partial charge >= 0.3 is 5.97 Å². The molecule has 0 fully saturated rings. The highest BCUT2D eigenvalue weighted by Gasteiger charge is 2.18. The molecule has 1 amide bonds. The van der Waals surface area contributed by atoms with Crippen LogP contribution < -0.4 is 10.6 Å². The molecule has 1 aromatic heterocycles. The largest absolute Gasteiger partial charge is 0.481 e. The zero-order valence-corrected chi connectivity index (χ0v) is 12.0. The summed E-state index contributed by atoms with van der Waals surface area (Å²) in [5.41, 5.74) is 0. The van der Waals surface area contributed by atoms with E-state index in [1.54, 1.807) is 0 Å². The van der Waals surface area contributed by atoms with Gasteiger partial charge < -0.3 is 15.7 Å². The first-order valence-corrected chi connectivity index (χ1v) is 7.18. The molecule has 106 valence electrons. The van der Waals surface area contributed by atoms with Gasteiger partial charge in [0.15, 0.2) is 0 Å². The lowest BCUT2D eigenvalue weighted by Crippen LogP contribution is -2.39. The Kier molecular flexibility index (Phi) is 6.52. The van der Waals surface area contributed by atoms with E-state index in [9.17, 15) is 9.59 Å². The zero-order valence-electron chi connectivity index (χ0n) is 11.2. The van der Waals surface area contributed by atoms with Gasteiger partial charge in [0.1, 0.15) is 0 Å². The quantitative estimate of drug-likeness (QED) is 0.680. The SMILES string of the molecule is CCC(C)NCC(=O)NC(CC(=O)O)c1cccs1. The highest BCUT2D eigenvalue weighted by molar-refractivity contribution is 7.10. The molecule has 2 atom stereocenters. The molecular weight excluding hydrogens is 264 g/mol. The molecular formula is C13H20N2O3S.